The van der Waals surface area contributed by atoms with Gasteiger partial charge >= 0.3 is 0 Å². The Morgan fingerprint density at radius 3 is 1.58 bits per heavy atom. The molecule has 1 N–H and O–H groups in total. The summed E-state index contributed by atoms with van der Waals surface area (Å²) in [5.74, 6) is 1.85. The van der Waals surface area contributed by atoms with E-state index in [0.717, 1.165) is 33.5 Å². The summed E-state index contributed by atoms with van der Waals surface area (Å²) >= 11 is 9.55. The van der Waals surface area contributed by atoms with Gasteiger partial charge in [0.2, 0.25) is 5.88 Å². The minimum Gasteiger partial charge on any atom is -0.476 e. The van der Waals surface area contributed by atoms with Crippen molar-refractivity contribution < 1.29 is 9.84 Å². The van der Waals surface area contributed by atoms with Gasteiger partial charge < -0.3 is 19.6 Å². The molecule has 2 fully saturated rings. The highest BCUT2D eigenvalue weighted by Gasteiger charge is 2.17. The minimum atomic E-state index is 0.383. The second-order valence-corrected chi connectivity index (χ2v) is 10.8. The van der Waals surface area contributed by atoms with Gasteiger partial charge in [-0.25, -0.2) is 0 Å². The standard InChI is InChI=1S/C11H16BrN3O.C7H15NO.C4H2Br2N2/c1-15-6-4-9(5-7-15)8-16-11-3-2-10(12)13-14-11;1-8-4-2-7(6-9)3-5-8;5-3-1-2-4(6)8-7-3/h2-3,9H,4-8H2,1H3;7,9H,2-6H2,1H3;1-2H. The average molecular weight is 653 g/mol. The SMILES string of the molecule is Brc1ccc(Br)nn1.CN1CCC(CO)CC1.CN1CCC(COc2ccc(Br)nn2)CC1. The molecule has 2 aliphatic heterocycles. The minimum absolute atomic E-state index is 0.383. The number of halogens is 3. The molecule has 33 heavy (non-hydrogen) atoms. The van der Waals surface area contributed by atoms with Gasteiger partial charge in [-0.15, -0.1) is 20.4 Å². The number of piperidine rings is 2. The van der Waals surface area contributed by atoms with E-state index in [1.54, 1.807) is 0 Å². The first-order valence-corrected chi connectivity index (χ1v) is 13.5. The van der Waals surface area contributed by atoms with Crippen LogP contribution in [0.25, 0.3) is 0 Å². The second-order valence-electron chi connectivity index (χ2n) is 8.36. The summed E-state index contributed by atoms with van der Waals surface area (Å²) in [5.41, 5.74) is 0. The summed E-state index contributed by atoms with van der Waals surface area (Å²) in [6.45, 7) is 5.79. The highest BCUT2D eigenvalue weighted by Crippen LogP contribution is 2.18. The number of hydrogen-bond donors (Lipinski definition) is 1. The van der Waals surface area contributed by atoms with Crippen molar-refractivity contribution in [1.82, 2.24) is 30.2 Å². The molecule has 0 aromatic carbocycles. The van der Waals surface area contributed by atoms with Crippen LogP contribution in [0.15, 0.2) is 38.1 Å². The maximum absolute atomic E-state index is 8.76. The molecule has 4 rings (SSSR count). The number of aliphatic hydroxyl groups excluding tert-OH is 1. The van der Waals surface area contributed by atoms with Gasteiger partial charge in [0.05, 0.1) is 6.61 Å². The lowest BCUT2D eigenvalue weighted by atomic mass is 9.98. The fourth-order valence-electron chi connectivity index (χ4n) is 3.36. The quantitative estimate of drug-likeness (QED) is 0.524. The normalized spacial score (nSPS) is 18.0. The van der Waals surface area contributed by atoms with Crippen molar-refractivity contribution in [3.05, 3.63) is 38.1 Å². The Morgan fingerprint density at radius 1 is 0.758 bits per heavy atom. The molecule has 0 spiro atoms. The van der Waals surface area contributed by atoms with Gasteiger partial charge in [0.1, 0.15) is 13.8 Å². The van der Waals surface area contributed by atoms with Crippen LogP contribution in [0.1, 0.15) is 25.7 Å². The fourth-order valence-corrected chi connectivity index (χ4v) is 3.99. The zero-order valence-corrected chi connectivity index (χ0v) is 24.0. The van der Waals surface area contributed by atoms with Gasteiger partial charge in [-0.2, -0.15) is 0 Å². The molecule has 0 atom stereocenters. The topological polar surface area (TPSA) is 87.5 Å². The van der Waals surface area contributed by atoms with E-state index >= 15 is 0 Å². The van der Waals surface area contributed by atoms with Gasteiger partial charge in [0.15, 0.2) is 0 Å². The maximum Gasteiger partial charge on any atom is 0.233 e. The van der Waals surface area contributed by atoms with Crippen LogP contribution in [0.3, 0.4) is 0 Å². The largest absolute Gasteiger partial charge is 0.476 e. The number of aliphatic hydroxyl groups is 1. The van der Waals surface area contributed by atoms with E-state index in [2.05, 4.69) is 92.1 Å². The van der Waals surface area contributed by atoms with Crippen molar-refractivity contribution in [2.75, 3.05) is 53.5 Å². The predicted octanol–water partition coefficient (Wildman–Crippen LogP) is 4.28. The Morgan fingerprint density at radius 2 is 1.18 bits per heavy atom. The smallest absolute Gasteiger partial charge is 0.233 e. The van der Waals surface area contributed by atoms with Gasteiger partial charge in [-0.3, -0.25) is 0 Å². The van der Waals surface area contributed by atoms with Gasteiger partial charge in [-0.1, -0.05) is 0 Å². The number of likely N-dealkylation sites (tertiary alicyclic amines) is 2. The van der Waals surface area contributed by atoms with E-state index in [1.165, 1.54) is 38.8 Å². The summed E-state index contributed by atoms with van der Waals surface area (Å²) < 4.78 is 7.86. The van der Waals surface area contributed by atoms with Crippen LogP contribution in [0, 0.1) is 11.8 Å². The van der Waals surface area contributed by atoms with Crippen molar-refractivity contribution in [2.24, 2.45) is 11.8 Å². The van der Waals surface area contributed by atoms with Crippen LogP contribution in [-0.2, 0) is 0 Å². The summed E-state index contributed by atoms with van der Waals surface area (Å²) in [7, 11) is 4.30. The molecule has 0 bridgehead atoms. The number of ether oxygens (including phenoxy) is 1. The fraction of sp³-hybridized carbons (Fsp3) is 0.636. The molecular weight excluding hydrogens is 620 g/mol. The molecule has 0 radical (unpaired) electrons. The Kier molecular flexibility index (Phi) is 13.9. The van der Waals surface area contributed by atoms with Gasteiger partial charge in [-0.05, 0) is 144 Å². The lowest BCUT2D eigenvalue weighted by Gasteiger charge is -2.28. The summed E-state index contributed by atoms with van der Waals surface area (Å²) in [6.07, 6.45) is 4.76. The van der Waals surface area contributed by atoms with Gasteiger partial charge in [0.25, 0.3) is 0 Å². The third kappa shape index (κ3) is 12.5. The first kappa shape index (κ1) is 28.5. The Balaban J connectivity index is 0.000000192. The summed E-state index contributed by atoms with van der Waals surface area (Å²) in [4.78, 5) is 4.67. The third-order valence-corrected chi connectivity index (χ3v) is 6.88. The zero-order chi connectivity index (χ0) is 24.1. The highest BCUT2D eigenvalue weighted by atomic mass is 79.9. The van der Waals surface area contributed by atoms with Crippen LogP contribution in [0.5, 0.6) is 5.88 Å². The molecule has 2 saturated heterocycles. The Hall–Kier alpha value is -0.720. The average Bonchev–Trinajstić information content (AvgIpc) is 2.83. The predicted molar refractivity (Wildman–Crippen MR) is 140 cm³/mol. The molecular formula is C22H33Br3N6O2. The van der Waals surface area contributed by atoms with Crippen LogP contribution < -0.4 is 4.74 Å². The Labute approximate surface area is 221 Å². The lowest BCUT2D eigenvalue weighted by molar-refractivity contribution is 0.148. The first-order valence-electron chi connectivity index (χ1n) is 11.1. The molecule has 11 heteroatoms. The van der Waals surface area contributed by atoms with Crippen molar-refractivity contribution >= 4 is 47.8 Å². The van der Waals surface area contributed by atoms with Crippen LogP contribution in [0.2, 0.25) is 0 Å². The molecule has 2 aromatic heterocycles. The van der Waals surface area contributed by atoms with E-state index in [1.807, 2.05) is 24.3 Å². The van der Waals surface area contributed by atoms with Crippen molar-refractivity contribution in [3.63, 3.8) is 0 Å². The van der Waals surface area contributed by atoms with Crippen LogP contribution >= 0.6 is 47.8 Å². The first-order chi connectivity index (χ1) is 15.9. The third-order valence-electron chi connectivity index (χ3n) is 5.61. The molecule has 2 aromatic rings. The molecule has 0 unspecified atom stereocenters. The van der Waals surface area contributed by atoms with Crippen molar-refractivity contribution in [3.8, 4) is 5.88 Å². The second kappa shape index (κ2) is 16.0. The number of rotatable bonds is 4. The molecule has 0 aliphatic carbocycles. The van der Waals surface area contributed by atoms with E-state index in [-0.39, 0.29) is 0 Å². The van der Waals surface area contributed by atoms with Crippen molar-refractivity contribution in [2.45, 2.75) is 25.7 Å². The van der Waals surface area contributed by atoms with E-state index in [9.17, 15) is 0 Å². The number of aromatic nitrogens is 4. The summed E-state index contributed by atoms with van der Waals surface area (Å²) in [5, 5.41) is 24.0. The van der Waals surface area contributed by atoms with E-state index in [4.69, 9.17) is 9.84 Å². The molecule has 184 valence electrons. The van der Waals surface area contributed by atoms with E-state index in [0.29, 0.717) is 24.3 Å². The molecule has 4 heterocycles. The zero-order valence-electron chi connectivity index (χ0n) is 19.2. The van der Waals surface area contributed by atoms with Crippen LogP contribution in [0.4, 0.5) is 0 Å². The number of nitrogens with zero attached hydrogens (tertiary/aromatic N) is 6. The van der Waals surface area contributed by atoms with Gasteiger partial charge in [0, 0.05) is 12.7 Å². The molecule has 0 saturated carbocycles. The molecule has 2 aliphatic rings. The van der Waals surface area contributed by atoms with Crippen molar-refractivity contribution in [1.29, 1.82) is 0 Å². The lowest BCUT2D eigenvalue weighted by Crippen LogP contribution is -2.32. The summed E-state index contributed by atoms with van der Waals surface area (Å²) in [6, 6.07) is 7.32. The van der Waals surface area contributed by atoms with E-state index < -0.39 is 0 Å². The van der Waals surface area contributed by atoms with Crippen LogP contribution in [-0.4, -0.2) is 88.8 Å². The number of hydrogen-bond acceptors (Lipinski definition) is 8. The monoisotopic (exact) mass is 650 g/mol. The molecule has 8 nitrogen and oxygen atoms in total. The Bertz CT molecular complexity index is 748. The highest BCUT2D eigenvalue weighted by molar-refractivity contribution is 9.11. The maximum atomic E-state index is 8.76. The molecule has 0 amide bonds.